The van der Waals surface area contributed by atoms with E-state index in [2.05, 4.69) is 0 Å². The first-order chi connectivity index (χ1) is 8.79. The normalized spacial score (nSPS) is 12.6. The summed E-state index contributed by atoms with van der Waals surface area (Å²) < 4.78 is 65.3. The minimum Gasteiger partial charge on any atom is -0.371 e. The number of aldehydes is 1. The summed E-state index contributed by atoms with van der Waals surface area (Å²) in [5.41, 5.74) is -1.19. The van der Waals surface area contributed by atoms with Crippen molar-refractivity contribution in [1.82, 2.24) is 0 Å². The monoisotopic (exact) mass is 281 g/mol. The molecular formula is C12H12F5NO. The third-order valence-electron chi connectivity index (χ3n) is 2.43. The highest BCUT2D eigenvalue weighted by atomic mass is 19.2. The second kappa shape index (κ2) is 5.99. The fraction of sp³-hybridized carbons (Fsp3) is 0.417. The Morgan fingerprint density at radius 2 is 1.37 bits per heavy atom. The lowest BCUT2D eigenvalue weighted by Crippen LogP contribution is -2.25. The average molecular weight is 281 g/mol. The van der Waals surface area contributed by atoms with Gasteiger partial charge in [-0.05, 0) is 12.3 Å². The van der Waals surface area contributed by atoms with E-state index >= 15 is 0 Å². The zero-order valence-corrected chi connectivity index (χ0v) is 10.2. The number of nitrogens with one attached hydrogen (secondary N) is 1. The molecule has 0 saturated carbocycles. The quantitative estimate of drug-likeness (QED) is 0.388. The number of carbonyl (C=O) groups is 1. The standard InChI is InChI=1S/C12H12F5NO/c1-5(2)3-6(4-19)18-12-10(16)8(14)7(13)9(15)11(12)17/h4-6,18H,3H2,1-2H3/t6-/m0/s1. The summed E-state index contributed by atoms with van der Waals surface area (Å²) >= 11 is 0. The van der Waals surface area contributed by atoms with Gasteiger partial charge in [0, 0.05) is 0 Å². The van der Waals surface area contributed by atoms with Crippen molar-refractivity contribution >= 4 is 12.0 Å². The highest BCUT2D eigenvalue weighted by Gasteiger charge is 2.27. The van der Waals surface area contributed by atoms with Crippen molar-refractivity contribution in [2.45, 2.75) is 26.3 Å². The van der Waals surface area contributed by atoms with Crippen LogP contribution in [0.4, 0.5) is 27.6 Å². The molecule has 0 saturated heterocycles. The summed E-state index contributed by atoms with van der Waals surface area (Å²) in [6.45, 7) is 3.49. The fourth-order valence-corrected chi connectivity index (χ4v) is 1.57. The average Bonchev–Trinajstić information content (AvgIpc) is 2.37. The van der Waals surface area contributed by atoms with E-state index in [0.29, 0.717) is 6.29 Å². The van der Waals surface area contributed by atoms with E-state index in [1.807, 2.05) is 5.32 Å². The molecule has 0 bridgehead atoms. The minimum atomic E-state index is -2.23. The van der Waals surface area contributed by atoms with E-state index < -0.39 is 40.8 Å². The molecule has 0 spiro atoms. The molecule has 0 radical (unpaired) electrons. The molecule has 7 heteroatoms. The number of carbonyl (C=O) groups excluding carboxylic acids is 1. The smallest absolute Gasteiger partial charge is 0.200 e. The molecule has 1 N–H and O–H groups in total. The molecule has 0 heterocycles. The van der Waals surface area contributed by atoms with Gasteiger partial charge in [0.1, 0.15) is 12.0 Å². The molecule has 1 aromatic rings. The molecule has 0 aliphatic rings. The summed E-state index contributed by atoms with van der Waals surface area (Å²) in [7, 11) is 0. The second-order valence-corrected chi connectivity index (χ2v) is 4.46. The fourth-order valence-electron chi connectivity index (χ4n) is 1.57. The molecule has 0 aromatic heterocycles. The Bertz CT molecular complexity index is 460. The lowest BCUT2D eigenvalue weighted by molar-refractivity contribution is -0.108. The largest absolute Gasteiger partial charge is 0.371 e. The molecule has 2 nitrogen and oxygen atoms in total. The maximum Gasteiger partial charge on any atom is 0.200 e. The van der Waals surface area contributed by atoms with E-state index in [1.54, 1.807) is 13.8 Å². The van der Waals surface area contributed by atoms with Crippen molar-refractivity contribution in [3.8, 4) is 0 Å². The molecule has 0 aliphatic heterocycles. The number of benzene rings is 1. The van der Waals surface area contributed by atoms with Gasteiger partial charge in [0.2, 0.25) is 5.82 Å². The predicted octanol–water partition coefficient (Wildman–Crippen LogP) is 3.41. The van der Waals surface area contributed by atoms with Crippen LogP contribution in [0.25, 0.3) is 0 Å². The Labute approximate surface area is 106 Å². The first-order valence-electron chi connectivity index (χ1n) is 5.52. The SMILES string of the molecule is CC(C)C[C@@H](C=O)Nc1c(F)c(F)c(F)c(F)c1F. The van der Waals surface area contributed by atoms with Crippen LogP contribution in [-0.4, -0.2) is 12.3 Å². The van der Waals surface area contributed by atoms with Crippen LogP contribution in [0.15, 0.2) is 0 Å². The van der Waals surface area contributed by atoms with E-state index in [4.69, 9.17) is 0 Å². The zero-order valence-electron chi connectivity index (χ0n) is 10.2. The first kappa shape index (κ1) is 15.4. The third kappa shape index (κ3) is 3.21. The van der Waals surface area contributed by atoms with Crippen LogP contribution < -0.4 is 5.32 Å². The third-order valence-corrected chi connectivity index (χ3v) is 2.43. The van der Waals surface area contributed by atoms with Crippen molar-refractivity contribution in [1.29, 1.82) is 0 Å². The Morgan fingerprint density at radius 3 is 1.74 bits per heavy atom. The molecule has 19 heavy (non-hydrogen) atoms. The van der Waals surface area contributed by atoms with Gasteiger partial charge in [-0.2, -0.15) is 0 Å². The molecule has 1 rings (SSSR count). The van der Waals surface area contributed by atoms with E-state index in [-0.39, 0.29) is 12.3 Å². The first-order valence-corrected chi connectivity index (χ1v) is 5.52. The lowest BCUT2D eigenvalue weighted by atomic mass is 10.0. The Morgan fingerprint density at radius 1 is 0.947 bits per heavy atom. The van der Waals surface area contributed by atoms with Gasteiger partial charge in [0.25, 0.3) is 0 Å². The van der Waals surface area contributed by atoms with E-state index in [0.717, 1.165) is 0 Å². The predicted molar refractivity (Wildman–Crippen MR) is 59.2 cm³/mol. The summed E-state index contributed by atoms with van der Waals surface area (Å²) in [6.07, 6.45) is 0.557. The van der Waals surface area contributed by atoms with Crippen LogP contribution in [-0.2, 0) is 4.79 Å². The van der Waals surface area contributed by atoms with Gasteiger partial charge in [-0.25, -0.2) is 22.0 Å². The molecule has 0 amide bonds. The number of halogens is 5. The summed E-state index contributed by atoms with van der Waals surface area (Å²) in [6, 6.07) is -1.03. The van der Waals surface area contributed by atoms with Crippen molar-refractivity contribution in [2.24, 2.45) is 5.92 Å². The zero-order chi connectivity index (χ0) is 14.7. The number of hydrogen-bond donors (Lipinski definition) is 1. The van der Waals surface area contributed by atoms with Crippen molar-refractivity contribution < 1.29 is 26.7 Å². The van der Waals surface area contributed by atoms with Gasteiger partial charge >= 0.3 is 0 Å². The van der Waals surface area contributed by atoms with Crippen LogP contribution in [0.5, 0.6) is 0 Å². The Balaban J connectivity index is 3.17. The topological polar surface area (TPSA) is 29.1 Å². The summed E-state index contributed by atoms with van der Waals surface area (Å²) in [5, 5.41) is 2.04. The maximum absolute atomic E-state index is 13.3. The Kier molecular flexibility index (Phi) is 4.85. The van der Waals surface area contributed by atoms with Crippen LogP contribution in [0.3, 0.4) is 0 Å². The van der Waals surface area contributed by atoms with Crippen LogP contribution >= 0.6 is 0 Å². The van der Waals surface area contributed by atoms with Gasteiger partial charge in [-0.1, -0.05) is 13.8 Å². The van der Waals surface area contributed by atoms with Crippen molar-refractivity contribution in [3.63, 3.8) is 0 Å². The van der Waals surface area contributed by atoms with Crippen LogP contribution in [0.1, 0.15) is 20.3 Å². The molecular weight excluding hydrogens is 269 g/mol. The Hall–Kier alpha value is -1.66. The molecule has 0 aliphatic carbocycles. The van der Waals surface area contributed by atoms with Crippen LogP contribution in [0.2, 0.25) is 0 Å². The molecule has 0 fully saturated rings. The molecule has 1 aromatic carbocycles. The van der Waals surface area contributed by atoms with Gasteiger partial charge in [-0.3, -0.25) is 0 Å². The molecule has 0 unspecified atom stereocenters. The summed E-state index contributed by atoms with van der Waals surface area (Å²) in [5.74, 6) is -10.3. The van der Waals surface area contributed by atoms with Gasteiger partial charge in [-0.15, -0.1) is 0 Å². The maximum atomic E-state index is 13.3. The minimum absolute atomic E-state index is 0.00367. The van der Waals surface area contributed by atoms with Crippen molar-refractivity contribution in [2.75, 3.05) is 5.32 Å². The van der Waals surface area contributed by atoms with Gasteiger partial charge < -0.3 is 10.1 Å². The summed E-state index contributed by atoms with van der Waals surface area (Å²) in [4.78, 5) is 10.7. The number of rotatable bonds is 5. The second-order valence-electron chi connectivity index (χ2n) is 4.46. The van der Waals surface area contributed by atoms with Gasteiger partial charge in [0.05, 0.1) is 6.04 Å². The highest BCUT2D eigenvalue weighted by Crippen LogP contribution is 2.28. The number of hydrogen-bond acceptors (Lipinski definition) is 2. The lowest BCUT2D eigenvalue weighted by Gasteiger charge is -2.17. The van der Waals surface area contributed by atoms with E-state index in [9.17, 15) is 26.7 Å². The molecule has 1 atom stereocenters. The highest BCUT2D eigenvalue weighted by molar-refractivity contribution is 5.65. The van der Waals surface area contributed by atoms with Gasteiger partial charge in [0.15, 0.2) is 23.3 Å². The number of anilines is 1. The molecule has 106 valence electrons. The van der Waals surface area contributed by atoms with Crippen LogP contribution in [0, 0.1) is 35.0 Å². The van der Waals surface area contributed by atoms with E-state index in [1.165, 1.54) is 0 Å². The van der Waals surface area contributed by atoms with Crippen molar-refractivity contribution in [3.05, 3.63) is 29.1 Å².